The van der Waals surface area contributed by atoms with Gasteiger partial charge in [-0.15, -0.1) is 0 Å². The smallest absolute Gasteiger partial charge is 0.351 e. The van der Waals surface area contributed by atoms with Gasteiger partial charge in [-0.1, -0.05) is 18.2 Å². The SMILES string of the molecule is CC(=O)N(C)CC(=O)NC1CC1c1ccccc1C(F)(F)F. The number of carbonyl (C=O) groups is 2. The van der Waals surface area contributed by atoms with Crippen LogP contribution in [0.5, 0.6) is 0 Å². The van der Waals surface area contributed by atoms with Crippen molar-refractivity contribution in [2.75, 3.05) is 13.6 Å². The molecular weight excluding hydrogens is 297 g/mol. The number of alkyl halides is 3. The van der Waals surface area contributed by atoms with Crippen molar-refractivity contribution in [3.8, 4) is 0 Å². The van der Waals surface area contributed by atoms with Crippen molar-refractivity contribution in [2.24, 2.45) is 0 Å². The van der Waals surface area contributed by atoms with Gasteiger partial charge in [0, 0.05) is 25.9 Å². The molecule has 7 heteroatoms. The molecule has 1 aliphatic carbocycles. The minimum atomic E-state index is -4.40. The standard InChI is InChI=1S/C15H17F3N2O2/c1-9(21)20(2)8-14(22)19-13-7-11(13)10-5-3-4-6-12(10)15(16,17)18/h3-6,11,13H,7-8H2,1-2H3,(H,19,22). The van der Waals surface area contributed by atoms with Gasteiger partial charge in [0.15, 0.2) is 0 Å². The summed E-state index contributed by atoms with van der Waals surface area (Å²) in [5, 5.41) is 2.67. The van der Waals surface area contributed by atoms with Crippen LogP contribution in [0.15, 0.2) is 24.3 Å². The average molecular weight is 314 g/mol. The number of hydrogen-bond donors (Lipinski definition) is 1. The lowest BCUT2D eigenvalue weighted by Gasteiger charge is -2.15. The summed E-state index contributed by atoms with van der Waals surface area (Å²) in [7, 11) is 1.49. The molecule has 2 atom stereocenters. The van der Waals surface area contributed by atoms with E-state index < -0.39 is 11.7 Å². The zero-order valence-corrected chi connectivity index (χ0v) is 12.3. The fraction of sp³-hybridized carbons (Fsp3) is 0.467. The van der Waals surface area contributed by atoms with Crippen molar-refractivity contribution < 1.29 is 22.8 Å². The first-order chi connectivity index (χ1) is 10.2. The maximum absolute atomic E-state index is 13.0. The number of amides is 2. The molecule has 1 aromatic carbocycles. The van der Waals surface area contributed by atoms with Gasteiger partial charge in [-0.25, -0.2) is 0 Å². The van der Waals surface area contributed by atoms with E-state index in [1.54, 1.807) is 6.07 Å². The molecule has 1 N–H and O–H groups in total. The van der Waals surface area contributed by atoms with Gasteiger partial charge in [-0.2, -0.15) is 13.2 Å². The molecule has 2 rings (SSSR count). The third-order valence-electron chi connectivity index (χ3n) is 3.72. The molecule has 1 fully saturated rings. The van der Waals surface area contributed by atoms with Gasteiger partial charge >= 0.3 is 6.18 Å². The zero-order valence-electron chi connectivity index (χ0n) is 12.3. The van der Waals surface area contributed by atoms with Crippen molar-refractivity contribution in [2.45, 2.75) is 31.5 Å². The summed E-state index contributed by atoms with van der Waals surface area (Å²) in [6.07, 6.45) is -3.93. The molecule has 2 unspecified atom stereocenters. The van der Waals surface area contributed by atoms with E-state index >= 15 is 0 Å². The lowest BCUT2D eigenvalue weighted by molar-refractivity contribution is -0.138. The molecular formula is C15H17F3N2O2. The molecule has 0 heterocycles. The quantitative estimate of drug-likeness (QED) is 0.926. The second-order valence-corrected chi connectivity index (χ2v) is 5.48. The van der Waals surface area contributed by atoms with Crippen LogP contribution in [-0.2, 0) is 15.8 Å². The maximum Gasteiger partial charge on any atom is 0.416 e. The van der Waals surface area contributed by atoms with Crippen LogP contribution in [0.4, 0.5) is 13.2 Å². The number of likely N-dealkylation sites (N-methyl/N-ethyl adjacent to an activating group) is 1. The van der Waals surface area contributed by atoms with Crippen molar-refractivity contribution in [1.82, 2.24) is 10.2 Å². The van der Waals surface area contributed by atoms with Crippen molar-refractivity contribution in [3.05, 3.63) is 35.4 Å². The van der Waals surface area contributed by atoms with Crippen LogP contribution >= 0.6 is 0 Å². The second kappa shape index (κ2) is 5.98. The lowest BCUT2D eigenvalue weighted by atomic mass is 10.0. The van der Waals surface area contributed by atoms with Crippen molar-refractivity contribution >= 4 is 11.8 Å². The molecule has 0 aliphatic heterocycles. The van der Waals surface area contributed by atoms with Crippen LogP contribution in [-0.4, -0.2) is 36.3 Å². The van der Waals surface area contributed by atoms with E-state index in [2.05, 4.69) is 5.32 Å². The number of benzene rings is 1. The van der Waals surface area contributed by atoms with Crippen LogP contribution < -0.4 is 5.32 Å². The summed E-state index contributed by atoms with van der Waals surface area (Å²) in [6.45, 7) is 1.24. The van der Waals surface area contributed by atoms with E-state index in [1.807, 2.05) is 0 Å². The highest BCUT2D eigenvalue weighted by atomic mass is 19.4. The fourth-order valence-corrected chi connectivity index (χ4v) is 2.36. The average Bonchev–Trinajstić information content (AvgIpc) is 3.16. The molecule has 0 bridgehead atoms. The number of rotatable bonds is 4. The van der Waals surface area contributed by atoms with Gasteiger partial charge < -0.3 is 10.2 Å². The minimum Gasteiger partial charge on any atom is -0.351 e. The Hall–Kier alpha value is -2.05. The van der Waals surface area contributed by atoms with Gasteiger partial charge in [-0.3, -0.25) is 9.59 Å². The minimum absolute atomic E-state index is 0.0977. The molecule has 0 aromatic heterocycles. The molecule has 0 spiro atoms. The molecule has 0 saturated heterocycles. The third-order valence-corrected chi connectivity index (χ3v) is 3.72. The third kappa shape index (κ3) is 3.78. The summed E-state index contributed by atoms with van der Waals surface area (Å²) in [6, 6.07) is 5.10. The van der Waals surface area contributed by atoms with E-state index in [4.69, 9.17) is 0 Å². The Kier molecular flexibility index (Phi) is 4.44. The van der Waals surface area contributed by atoms with Gasteiger partial charge in [0.05, 0.1) is 12.1 Å². The largest absolute Gasteiger partial charge is 0.416 e. The summed E-state index contributed by atoms with van der Waals surface area (Å²) in [5.74, 6) is -0.941. The Morgan fingerprint density at radius 1 is 1.32 bits per heavy atom. The van der Waals surface area contributed by atoms with Gasteiger partial charge in [0.1, 0.15) is 0 Å². The Morgan fingerprint density at radius 2 is 1.95 bits per heavy atom. The van der Waals surface area contributed by atoms with E-state index in [9.17, 15) is 22.8 Å². The number of halogens is 3. The highest BCUT2D eigenvalue weighted by Gasteiger charge is 2.44. The fourth-order valence-electron chi connectivity index (χ4n) is 2.36. The Balaban J connectivity index is 1.99. The van der Waals surface area contributed by atoms with Crippen LogP contribution in [0.3, 0.4) is 0 Å². The Labute approximate surface area is 126 Å². The van der Waals surface area contributed by atoms with E-state index in [0.29, 0.717) is 6.42 Å². The zero-order chi connectivity index (χ0) is 16.5. The second-order valence-electron chi connectivity index (χ2n) is 5.48. The van der Waals surface area contributed by atoms with Crippen molar-refractivity contribution in [3.63, 3.8) is 0 Å². The molecule has 1 aromatic rings. The van der Waals surface area contributed by atoms with Crippen LogP contribution in [0, 0.1) is 0 Å². The monoisotopic (exact) mass is 314 g/mol. The van der Waals surface area contributed by atoms with Crippen molar-refractivity contribution in [1.29, 1.82) is 0 Å². The topological polar surface area (TPSA) is 49.4 Å². The predicted molar refractivity (Wildman–Crippen MR) is 74.0 cm³/mol. The van der Waals surface area contributed by atoms with Gasteiger partial charge in [0.25, 0.3) is 0 Å². The van der Waals surface area contributed by atoms with E-state index in [1.165, 1.54) is 31.0 Å². The number of nitrogens with one attached hydrogen (secondary N) is 1. The summed E-state index contributed by atoms with van der Waals surface area (Å²) < 4.78 is 38.9. The Morgan fingerprint density at radius 3 is 2.55 bits per heavy atom. The highest BCUT2D eigenvalue weighted by Crippen LogP contribution is 2.46. The summed E-state index contributed by atoms with van der Waals surface area (Å²) >= 11 is 0. The Bertz CT molecular complexity index is 586. The van der Waals surface area contributed by atoms with E-state index in [-0.39, 0.29) is 35.9 Å². The molecule has 1 aliphatic rings. The summed E-state index contributed by atoms with van der Waals surface area (Å²) in [4.78, 5) is 24.0. The van der Waals surface area contributed by atoms with Gasteiger partial charge in [-0.05, 0) is 18.1 Å². The normalized spacial score (nSPS) is 20.4. The first kappa shape index (κ1) is 16.3. The molecule has 120 valence electrons. The van der Waals surface area contributed by atoms with Crippen LogP contribution in [0.1, 0.15) is 30.4 Å². The molecule has 1 saturated carbocycles. The number of hydrogen-bond acceptors (Lipinski definition) is 2. The molecule has 0 radical (unpaired) electrons. The summed E-state index contributed by atoms with van der Waals surface area (Å²) in [5.41, 5.74) is -0.446. The first-order valence-corrected chi connectivity index (χ1v) is 6.87. The maximum atomic E-state index is 13.0. The molecule has 4 nitrogen and oxygen atoms in total. The van der Waals surface area contributed by atoms with E-state index in [0.717, 1.165) is 6.07 Å². The lowest BCUT2D eigenvalue weighted by Crippen LogP contribution is -2.38. The van der Waals surface area contributed by atoms with Gasteiger partial charge in [0.2, 0.25) is 11.8 Å². The van der Waals surface area contributed by atoms with Crippen LogP contribution in [0.25, 0.3) is 0 Å². The number of nitrogens with zero attached hydrogens (tertiary/aromatic N) is 1. The molecule has 22 heavy (non-hydrogen) atoms. The first-order valence-electron chi connectivity index (χ1n) is 6.87. The highest BCUT2D eigenvalue weighted by molar-refractivity contribution is 5.84. The number of carbonyl (C=O) groups excluding carboxylic acids is 2. The molecule has 2 amide bonds. The van der Waals surface area contributed by atoms with Crippen LogP contribution in [0.2, 0.25) is 0 Å². The predicted octanol–water partition coefficient (Wildman–Crippen LogP) is 2.16.